The lowest BCUT2D eigenvalue weighted by Crippen LogP contribution is -2.24. The Hall–Kier alpha value is -2.97. The van der Waals surface area contributed by atoms with Crippen LogP contribution in [0.4, 0.5) is 13.2 Å². The summed E-state index contributed by atoms with van der Waals surface area (Å²) < 4.78 is 47.3. The highest BCUT2D eigenvalue weighted by Gasteiger charge is 2.31. The molecule has 0 spiro atoms. The second-order valence-corrected chi connectivity index (χ2v) is 6.50. The number of alkyl halides is 3. The summed E-state index contributed by atoms with van der Waals surface area (Å²) in [6.07, 6.45) is 3.86. The summed E-state index contributed by atoms with van der Waals surface area (Å²) in [7, 11) is 1.63. The molecular weight excluding hydrogens is 389 g/mol. The molecule has 158 valence electrons. The molecule has 1 aliphatic rings. The molecule has 2 N–H and O–H groups in total. The van der Waals surface area contributed by atoms with Crippen LogP contribution in [0.15, 0.2) is 42.2 Å². The Labute approximate surface area is 166 Å². The predicted molar refractivity (Wildman–Crippen MR) is 100 cm³/mol. The Balaban J connectivity index is 2.25. The van der Waals surface area contributed by atoms with Gasteiger partial charge >= 0.3 is 6.36 Å². The summed E-state index contributed by atoms with van der Waals surface area (Å²) in [4.78, 5) is 23.5. The van der Waals surface area contributed by atoms with Gasteiger partial charge in [0.2, 0.25) is 0 Å². The van der Waals surface area contributed by atoms with Gasteiger partial charge in [-0.2, -0.15) is 0 Å². The quantitative estimate of drug-likeness (QED) is 0.368. The van der Waals surface area contributed by atoms with Crippen molar-refractivity contribution in [3.05, 3.63) is 47.8 Å². The third kappa shape index (κ3) is 7.52. The van der Waals surface area contributed by atoms with Crippen LogP contribution < -0.4 is 20.1 Å². The molecule has 0 heterocycles. The summed E-state index contributed by atoms with van der Waals surface area (Å²) in [6, 6.07) is 3.34. The van der Waals surface area contributed by atoms with Crippen molar-refractivity contribution in [3.8, 4) is 11.5 Å². The Kier molecular flexibility index (Phi) is 8.11. The lowest BCUT2D eigenvalue weighted by Gasteiger charge is -2.16. The van der Waals surface area contributed by atoms with E-state index in [9.17, 15) is 22.8 Å². The highest BCUT2D eigenvalue weighted by atomic mass is 19.4. The predicted octanol–water partition coefficient (Wildman–Crippen LogP) is 3.70. The molecule has 2 rings (SSSR count). The molecule has 0 aromatic heterocycles. The van der Waals surface area contributed by atoms with Gasteiger partial charge in [-0.3, -0.25) is 9.59 Å². The van der Waals surface area contributed by atoms with Crippen LogP contribution in [0, 0.1) is 5.92 Å². The Morgan fingerprint density at radius 1 is 1.28 bits per heavy atom. The van der Waals surface area contributed by atoms with Gasteiger partial charge < -0.3 is 20.1 Å². The van der Waals surface area contributed by atoms with Crippen LogP contribution >= 0.6 is 0 Å². The molecule has 0 unspecified atom stereocenters. The second kappa shape index (κ2) is 10.5. The molecule has 1 saturated carbocycles. The van der Waals surface area contributed by atoms with E-state index in [0.29, 0.717) is 18.8 Å². The fourth-order valence-electron chi connectivity index (χ4n) is 2.98. The van der Waals surface area contributed by atoms with E-state index in [2.05, 4.69) is 15.4 Å². The van der Waals surface area contributed by atoms with E-state index in [1.54, 1.807) is 7.05 Å². The Morgan fingerprint density at radius 2 is 2.00 bits per heavy atom. The molecule has 6 nitrogen and oxygen atoms in total. The first-order valence-corrected chi connectivity index (χ1v) is 9.15. The molecule has 1 aromatic carbocycles. The lowest BCUT2D eigenvalue weighted by atomic mass is 10.1. The molecule has 1 amide bonds. The van der Waals surface area contributed by atoms with Crippen molar-refractivity contribution in [1.29, 1.82) is 0 Å². The number of halogens is 3. The van der Waals surface area contributed by atoms with Crippen molar-refractivity contribution in [1.82, 2.24) is 10.6 Å². The number of nitrogens with one attached hydrogen (secondary N) is 2. The molecule has 0 radical (unpaired) electrons. The first kappa shape index (κ1) is 22.3. The zero-order chi connectivity index (χ0) is 21.3. The molecule has 0 atom stereocenters. The van der Waals surface area contributed by atoms with Crippen LogP contribution in [0.25, 0.3) is 0 Å². The standard InChI is InChI=1S/C20H23F3N2O4/c1-24-10-8-15(9-11-26)25-19(27)17-12-16(29-20(21,22)23)6-7-18(17)28-13-14-4-2-3-5-14/h6-12,14,24H,2-5,13H2,1H3,(H,25,27)/b10-8-,15-9+. The average molecular weight is 412 g/mol. The number of allylic oxidation sites excluding steroid dienone is 2. The second-order valence-electron chi connectivity index (χ2n) is 6.50. The normalized spacial score (nSPS) is 15.4. The molecule has 29 heavy (non-hydrogen) atoms. The minimum atomic E-state index is -4.89. The zero-order valence-corrected chi connectivity index (χ0v) is 15.9. The summed E-state index contributed by atoms with van der Waals surface area (Å²) in [5, 5.41) is 5.18. The number of carbonyl (C=O) groups excluding carboxylic acids is 2. The summed E-state index contributed by atoms with van der Waals surface area (Å²) in [6.45, 7) is 0.371. The molecule has 0 aliphatic heterocycles. The first-order chi connectivity index (χ1) is 13.8. The number of hydrogen-bond acceptors (Lipinski definition) is 5. The third-order valence-corrected chi connectivity index (χ3v) is 4.31. The fraction of sp³-hybridized carbons (Fsp3) is 0.400. The van der Waals surface area contributed by atoms with Crippen molar-refractivity contribution in [2.45, 2.75) is 32.0 Å². The topological polar surface area (TPSA) is 76.7 Å². The van der Waals surface area contributed by atoms with E-state index < -0.39 is 18.0 Å². The van der Waals surface area contributed by atoms with Crippen molar-refractivity contribution < 1.29 is 32.2 Å². The van der Waals surface area contributed by atoms with Crippen molar-refractivity contribution in [2.75, 3.05) is 13.7 Å². The van der Waals surface area contributed by atoms with Gasteiger partial charge in [0.25, 0.3) is 5.91 Å². The molecule has 1 aromatic rings. The van der Waals surface area contributed by atoms with E-state index in [-0.39, 0.29) is 17.0 Å². The summed E-state index contributed by atoms with van der Waals surface area (Å²) in [5.74, 6) is -0.775. The first-order valence-electron chi connectivity index (χ1n) is 9.15. The van der Waals surface area contributed by atoms with Crippen LogP contribution in [0.2, 0.25) is 0 Å². The van der Waals surface area contributed by atoms with Crippen LogP contribution in [-0.4, -0.2) is 32.2 Å². The van der Waals surface area contributed by atoms with Crippen LogP contribution in [0.5, 0.6) is 11.5 Å². The van der Waals surface area contributed by atoms with Crippen molar-refractivity contribution >= 4 is 12.2 Å². The zero-order valence-electron chi connectivity index (χ0n) is 15.9. The minimum Gasteiger partial charge on any atom is -0.492 e. The van der Waals surface area contributed by atoms with Gasteiger partial charge in [-0.1, -0.05) is 12.8 Å². The van der Waals surface area contributed by atoms with Crippen LogP contribution in [0.1, 0.15) is 36.0 Å². The highest BCUT2D eigenvalue weighted by molar-refractivity contribution is 5.99. The minimum absolute atomic E-state index is 0.126. The number of rotatable bonds is 9. The van der Waals surface area contributed by atoms with Gasteiger partial charge in [0.15, 0.2) is 0 Å². The van der Waals surface area contributed by atoms with E-state index in [1.807, 2.05) is 0 Å². The van der Waals surface area contributed by atoms with E-state index in [4.69, 9.17) is 4.74 Å². The van der Waals surface area contributed by atoms with Crippen molar-refractivity contribution in [3.63, 3.8) is 0 Å². The van der Waals surface area contributed by atoms with E-state index in [0.717, 1.165) is 43.9 Å². The van der Waals surface area contributed by atoms with Gasteiger partial charge in [0.1, 0.15) is 17.8 Å². The molecular formula is C20H23F3N2O4. The van der Waals surface area contributed by atoms with Gasteiger partial charge in [-0.15, -0.1) is 13.2 Å². The highest BCUT2D eigenvalue weighted by Crippen LogP contribution is 2.31. The smallest absolute Gasteiger partial charge is 0.492 e. The number of carbonyl (C=O) groups is 2. The van der Waals surface area contributed by atoms with Gasteiger partial charge in [-0.05, 0) is 49.2 Å². The maximum Gasteiger partial charge on any atom is 0.573 e. The molecule has 9 heteroatoms. The van der Waals surface area contributed by atoms with E-state index in [1.165, 1.54) is 18.3 Å². The van der Waals surface area contributed by atoms with Crippen LogP contribution in [-0.2, 0) is 4.79 Å². The monoisotopic (exact) mass is 412 g/mol. The number of benzene rings is 1. The summed E-state index contributed by atoms with van der Waals surface area (Å²) >= 11 is 0. The van der Waals surface area contributed by atoms with E-state index >= 15 is 0 Å². The number of aldehydes is 1. The molecule has 1 fully saturated rings. The Morgan fingerprint density at radius 3 is 2.62 bits per heavy atom. The van der Waals surface area contributed by atoms with Crippen molar-refractivity contribution in [2.24, 2.45) is 5.92 Å². The fourth-order valence-corrected chi connectivity index (χ4v) is 2.98. The number of ether oxygens (including phenoxy) is 2. The number of hydrogen-bond donors (Lipinski definition) is 2. The molecule has 0 saturated heterocycles. The Bertz CT molecular complexity index is 769. The average Bonchev–Trinajstić information content (AvgIpc) is 3.17. The van der Waals surface area contributed by atoms with Gasteiger partial charge in [-0.25, -0.2) is 0 Å². The molecule has 0 bridgehead atoms. The van der Waals surface area contributed by atoms with Gasteiger partial charge in [0, 0.05) is 18.8 Å². The SMILES string of the molecule is CN/C=C\C(=C/C=O)NC(=O)c1cc(OC(F)(F)F)ccc1OCC1CCCC1. The lowest BCUT2D eigenvalue weighted by molar-refractivity contribution is -0.274. The largest absolute Gasteiger partial charge is 0.573 e. The maximum atomic E-state index is 12.7. The number of amides is 1. The third-order valence-electron chi connectivity index (χ3n) is 4.31. The van der Waals surface area contributed by atoms with Gasteiger partial charge in [0.05, 0.1) is 12.2 Å². The molecule has 1 aliphatic carbocycles. The maximum absolute atomic E-state index is 12.7. The van der Waals surface area contributed by atoms with Crippen LogP contribution in [0.3, 0.4) is 0 Å². The summed E-state index contributed by atoms with van der Waals surface area (Å²) in [5.41, 5.74) is 0.0302.